The number of nitrogens with zero attached hydrogens (tertiary/aromatic N) is 1. The van der Waals surface area contributed by atoms with Gasteiger partial charge < -0.3 is 10.1 Å². The number of hydrogen-bond donors (Lipinski definition) is 1. The van der Waals surface area contributed by atoms with Gasteiger partial charge in [0.25, 0.3) is 5.91 Å². The van der Waals surface area contributed by atoms with E-state index in [4.69, 9.17) is 16.3 Å². The van der Waals surface area contributed by atoms with Gasteiger partial charge in [0.1, 0.15) is 12.4 Å². The molecule has 4 aromatic rings. The number of sulfonamides is 1. The standard InChI is InChI=1S/C29H27ClN2O4S2/c1-38(34,35)32(27-9-5-6-10-28(27)37-26-7-3-2-4-8-26)21-22-11-13-23(14-12-22)29(33)31-19-20-36-25-17-15-24(30)16-18-25/h2-18H,19-21H2,1H3,(H,31,33). The average Bonchev–Trinajstić information content (AvgIpc) is 2.91. The van der Waals surface area contributed by atoms with Crippen molar-refractivity contribution in [3.8, 4) is 5.75 Å². The molecule has 9 heteroatoms. The second-order valence-corrected chi connectivity index (χ2v) is 11.9. The molecule has 0 atom stereocenters. The van der Waals surface area contributed by atoms with Crippen molar-refractivity contribution >= 4 is 45.0 Å². The molecule has 6 nitrogen and oxygen atoms in total. The molecule has 0 aliphatic rings. The third-order valence-corrected chi connectivity index (χ3v) is 7.97. The van der Waals surface area contributed by atoms with Crippen molar-refractivity contribution < 1.29 is 17.9 Å². The lowest BCUT2D eigenvalue weighted by Crippen LogP contribution is -2.30. The van der Waals surface area contributed by atoms with Crippen LogP contribution in [0, 0.1) is 0 Å². The van der Waals surface area contributed by atoms with Gasteiger partial charge in [-0.1, -0.05) is 65.8 Å². The number of para-hydroxylation sites is 1. The molecule has 4 rings (SSSR count). The van der Waals surface area contributed by atoms with Crippen LogP contribution in [0.3, 0.4) is 0 Å². The highest BCUT2D eigenvalue weighted by Gasteiger charge is 2.21. The number of carbonyl (C=O) groups excluding carboxylic acids is 1. The van der Waals surface area contributed by atoms with Crippen molar-refractivity contribution in [2.24, 2.45) is 0 Å². The number of hydrogen-bond acceptors (Lipinski definition) is 5. The van der Waals surface area contributed by atoms with E-state index in [1.54, 1.807) is 54.6 Å². The van der Waals surface area contributed by atoms with Gasteiger partial charge in [0, 0.05) is 20.4 Å². The first kappa shape index (κ1) is 27.6. The zero-order valence-electron chi connectivity index (χ0n) is 20.7. The summed E-state index contributed by atoms with van der Waals surface area (Å²) in [6.45, 7) is 0.790. The summed E-state index contributed by atoms with van der Waals surface area (Å²) in [6, 6.07) is 31.2. The summed E-state index contributed by atoms with van der Waals surface area (Å²) in [5.41, 5.74) is 1.84. The highest BCUT2D eigenvalue weighted by Crippen LogP contribution is 2.36. The quantitative estimate of drug-likeness (QED) is 0.217. The van der Waals surface area contributed by atoms with Crippen molar-refractivity contribution in [2.75, 3.05) is 23.7 Å². The summed E-state index contributed by atoms with van der Waals surface area (Å²) in [6.07, 6.45) is 1.20. The van der Waals surface area contributed by atoms with E-state index in [1.165, 1.54) is 22.3 Å². The molecule has 1 amide bonds. The lowest BCUT2D eigenvalue weighted by molar-refractivity contribution is 0.0947. The smallest absolute Gasteiger partial charge is 0.251 e. The highest BCUT2D eigenvalue weighted by molar-refractivity contribution is 7.99. The van der Waals surface area contributed by atoms with Gasteiger partial charge >= 0.3 is 0 Å². The zero-order chi connectivity index (χ0) is 27.0. The van der Waals surface area contributed by atoms with E-state index in [1.807, 2.05) is 48.5 Å². The Morgan fingerprint density at radius 1 is 0.895 bits per heavy atom. The maximum atomic E-state index is 12.8. The lowest BCUT2D eigenvalue weighted by atomic mass is 10.1. The van der Waals surface area contributed by atoms with Crippen LogP contribution < -0.4 is 14.4 Å². The van der Waals surface area contributed by atoms with Crippen LogP contribution in [0.15, 0.2) is 113 Å². The second kappa shape index (κ2) is 12.9. The number of benzene rings is 4. The van der Waals surface area contributed by atoms with Crippen LogP contribution in [0.5, 0.6) is 5.75 Å². The predicted molar refractivity (Wildman–Crippen MR) is 154 cm³/mol. The number of carbonyl (C=O) groups is 1. The third-order valence-electron chi connectivity index (χ3n) is 5.52. The topological polar surface area (TPSA) is 75.7 Å². The second-order valence-electron chi connectivity index (χ2n) is 8.41. The van der Waals surface area contributed by atoms with E-state index in [2.05, 4.69) is 5.32 Å². The third kappa shape index (κ3) is 7.77. The van der Waals surface area contributed by atoms with Gasteiger partial charge in [0.05, 0.1) is 25.0 Å². The van der Waals surface area contributed by atoms with Crippen LogP contribution in [0.2, 0.25) is 5.02 Å². The fourth-order valence-electron chi connectivity index (χ4n) is 3.64. The molecule has 0 saturated heterocycles. The maximum absolute atomic E-state index is 12.8. The van der Waals surface area contributed by atoms with E-state index in [0.29, 0.717) is 35.2 Å². The Hall–Kier alpha value is -3.46. The van der Waals surface area contributed by atoms with Crippen LogP contribution in [-0.4, -0.2) is 33.7 Å². The van der Waals surface area contributed by atoms with Gasteiger partial charge in [-0.15, -0.1) is 0 Å². The molecule has 4 aromatic carbocycles. The first-order valence-corrected chi connectivity index (χ1v) is 14.9. The molecule has 0 fully saturated rings. The Labute approximate surface area is 232 Å². The van der Waals surface area contributed by atoms with E-state index in [0.717, 1.165) is 15.4 Å². The number of halogens is 1. The minimum atomic E-state index is -3.58. The monoisotopic (exact) mass is 566 g/mol. The molecule has 1 N–H and O–H groups in total. The molecule has 0 aliphatic heterocycles. The van der Waals surface area contributed by atoms with E-state index in [9.17, 15) is 13.2 Å². The van der Waals surface area contributed by atoms with Gasteiger partial charge in [-0.25, -0.2) is 8.42 Å². The van der Waals surface area contributed by atoms with Crippen molar-refractivity contribution in [1.82, 2.24) is 5.32 Å². The Balaban J connectivity index is 1.40. The Morgan fingerprint density at radius 3 is 2.24 bits per heavy atom. The summed E-state index contributed by atoms with van der Waals surface area (Å²) in [5.74, 6) is 0.438. The number of nitrogens with one attached hydrogen (secondary N) is 1. The summed E-state index contributed by atoms with van der Waals surface area (Å²) < 4.78 is 32.6. The number of anilines is 1. The van der Waals surface area contributed by atoms with E-state index < -0.39 is 10.0 Å². The minimum Gasteiger partial charge on any atom is -0.492 e. The molecule has 0 aromatic heterocycles. The van der Waals surface area contributed by atoms with Gasteiger partial charge in [-0.05, 0) is 66.2 Å². The van der Waals surface area contributed by atoms with Crippen LogP contribution in [0.4, 0.5) is 5.69 Å². The molecule has 0 bridgehead atoms. The van der Waals surface area contributed by atoms with Gasteiger partial charge in [-0.3, -0.25) is 9.10 Å². The van der Waals surface area contributed by atoms with Crippen molar-refractivity contribution in [1.29, 1.82) is 0 Å². The van der Waals surface area contributed by atoms with Crippen LogP contribution in [0.1, 0.15) is 15.9 Å². The molecular formula is C29H27ClN2O4S2. The van der Waals surface area contributed by atoms with Crippen LogP contribution in [0.25, 0.3) is 0 Å². The number of ether oxygens (including phenoxy) is 1. The van der Waals surface area contributed by atoms with Crippen molar-refractivity contribution in [2.45, 2.75) is 16.3 Å². The predicted octanol–water partition coefficient (Wildman–Crippen LogP) is 6.27. The Bertz CT molecular complexity index is 1460. The van der Waals surface area contributed by atoms with Crippen LogP contribution >= 0.6 is 23.4 Å². The molecule has 0 radical (unpaired) electrons. The first-order chi connectivity index (χ1) is 18.3. The summed E-state index contributed by atoms with van der Waals surface area (Å²) in [7, 11) is -3.58. The summed E-state index contributed by atoms with van der Waals surface area (Å²) >= 11 is 7.37. The maximum Gasteiger partial charge on any atom is 0.251 e. The lowest BCUT2D eigenvalue weighted by Gasteiger charge is -2.25. The molecule has 196 valence electrons. The molecule has 0 heterocycles. The van der Waals surface area contributed by atoms with Crippen molar-refractivity contribution in [3.63, 3.8) is 0 Å². The fraction of sp³-hybridized carbons (Fsp3) is 0.138. The largest absolute Gasteiger partial charge is 0.492 e. The average molecular weight is 567 g/mol. The van der Waals surface area contributed by atoms with Gasteiger partial charge in [0.2, 0.25) is 10.0 Å². The summed E-state index contributed by atoms with van der Waals surface area (Å²) in [5, 5.41) is 3.45. The summed E-state index contributed by atoms with van der Waals surface area (Å²) in [4.78, 5) is 14.4. The molecule has 38 heavy (non-hydrogen) atoms. The Morgan fingerprint density at radius 2 is 1.55 bits per heavy atom. The molecule has 0 unspecified atom stereocenters. The number of rotatable bonds is 11. The molecule has 0 aliphatic carbocycles. The van der Waals surface area contributed by atoms with Crippen molar-refractivity contribution in [3.05, 3.63) is 119 Å². The van der Waals surface area contributed by atoms with Gasteiger partial charge in [0.15, 0.2) is 0 Å². The normalized spacial score (nSPS) is 11.1. The minimum absolute atomic E-state index is 0.141. The first-order valence-electron chi connectivity index (χ1n) is 11.8. The molecule has 0 spiro atoms. The highest BCUT2D eigenvalue weighted by atomic mass is 35.5. The number of amides is 1. The van der Waals surface area contributed by atoms with Crippen LogP contribution in [-0.2, 0) is 16.6 Å². The van der Waals surface area contributed by atoms with E-state index >= 15 is 0 Å². The molecule has 0 saturated carbocycles. The SMILES string of the molecule is CS(=O)(=O)N(Cc1ccc(C(=O)NCCOc2ccc(Cl)cc2)cc1)c1ccccc1Sc1ccccc1. The fourth-order valence-corrected chi connectivity index (χ4v) is 5.70. The molecular weight excluding hydrogens is 540 g/mol. The van der Waals surface area contributed by atoms with Gasteiger partial charge in [-0.2, -0.15) is 0 Å². The zero-order valence-corrected chi connectivity index (χ0v) is 23.1. The van der Waals surface area contributed by atoms with E-state index in [-0.39, 0.29) is 12.5 Å². The Kier molecular flexibility index (Phi) is 9.33.